The van der Waals surface area contributed by atoms with Crippen molar-refractivity contribution < 1.29 is 4.74 Å². The average Bonchev–Trinajstić information content (AvgIpc) is 2.77. The van der Waals surface area contributed by atoms with Crippen LogP contribution < -0.4 is 15.4 Å². The van der Waals surface area contributed by atoms with Crippen LogP contribution >= 0.6 is 0 Å². The predicted molar refractivity (Wildman–Crippen MR) is 118 cm³/mol. The second kappa shape index (κ2) is 7.89. The fourth-order valence-electron chi connectivity index (χ4n) is 3.35. The van der Waals surface area contributed by atoms with Gasteiger partial charge in [-0.15, -0.1) is 0 Å². The first-order chi connectivity index (χ1) is 13.8. The highest BCUT2D eigenvalue weighted by Gasteiger charge is 2.17. The molecule has 3 nitrogen and oxygen atoms in total. The zero-order chi connectivity index (χ0) is 19.3. The molecule has 3 heteroatoms. The molecule has 4 aromatic carbocycles. The van der Waals surface area contributed by atoms with Crippen molar-refractivity contribution in [2.75, 3.05) is 17.7 Å². The van der Waals surface area contributed by atoms with Crippen LogP contribution in [-0.2, 0) is 0 Å². The Bertz CT molecular complexity index is 1010. The van der Waals surface area contributed by atoms with Crippen LogP contribution in [0.25, 0.3) is 11.1 Å². The molecule has 0 amide bonds. The maximum absolute atomic E-state index is 6.69. The maximum Gasteiger partial charge on any atom is 0.118 e. The number of hydrogen-bond acceptors (Lipinski definition) is 3. The summed E-state index contributed by atoms with van der Waals surface area (Å²) >= 11 is 0. The maximum atomic E-state index is 6.69. The topological polar surface area (TPSA) is 38.5 Å². The van der Waals surface area contributed by atoms with Crippen molar-refractivity contribution in [3.05, 3.63) is 103 Å². The molecule has 0 saturated carbocycles. The Morgan fingerprint density at radius 3 is 1.75 bits per heavy atom. The molecule has 28 heavy (non-hydrogen) atoms. The van der Waals surface area contributed by atoms with Gasteiger partial charge in [-0.05, 0) is 48.0 Å². The van der Waals surface area contributed by atoms with E-state index in [-0.39, 0.29) is 0 Å². The third-order valence-corrected chi connectivity index (χ3v) is 4.75. The van der Waals surface area contributed by atoms with Gasteiger partial charge in [0.1, 0.15) is 5.75 Å². The number of nitrogens with zero attached hydrogens (tertiary/aromatic N) is 1. The fourth-order valence-corrected chi connectivity index (χ4v) is 3.35. The number of anilines is 4. The number of ether oxygens (including phenoxy) is 1. The minimum atomic E-state index is 0.736. The summed E-state index contributed by atoms with van der Waals surface area (Å²) in [4.78, 5) is 2.18. The first-order valence-corrected chi connectivity index (χ1v) is 9.21. The van der Waals surface area contributed by atoms with Gasteiger partial charge in [0.2, 0.25) is 0 Å². The summed E-state index contributed by atoms with van der Waals surface area (Å²) in [7, 11) is 1.67. The van der Waals surface area contributed by atoms with E-state index < -0.39 is 0 Å². The molecular weight excluding hydrogens is 344 g/mol. The van der Waals surface area contributed by atoms with Gasteiger partial charge in [-0.25, -0.2) is 0 Å². The Morgan fingerprint density at radius 1 is 0.643 bits per heavy atom. The molecule has 4 rings (SSSR count). The molecule has 0 spiro atoms. The predicted octanol–water partition coefficient (Wildman–Crippen LogP) is 6.41. The third-order valence-electron chi connectivity index (χ3n) is 4.75. The molecule has 138 valence electrons. The quantitative estimate of drug-likeness (QED) is 0.415. The fraction of sp³-hybridized carbons (Fsp3) is 0.0400. The monoisotopic (exact) mass is 366 g/mol. The van der Waals surface area contributed by atoms with Gasteiger partial charge in [-0.3, -0.25) is 0 Å². The van der Waals surface area contributed by atoms with E-state index in [1.54, 1.807) is 7.11 Å². The van der Waals surface area contributed by atoms with Crippen molar-refractivity contribution in [3.63, 3.8) is 0 Å². The van der Waals surface area contributed by atoms with E-state index in [2.05, 4.69) is 41.3 Å². The van der Waals surface area contributed by atoms with Gasteiger partial charge in [0.25, 0.3) is 0 Å². The lowest BCUT2D eigenvalue weighted by molar-refractivity contribution is 0.415. The molecule has 0 aromatic heterocycles. The molecule has 0 aliphatic rings. The van der Waals surface area contributed by atoms with Crippen molar-refractivity contribution in [1.82, 2.24) is 0 Å². The Morgan fingerprint density at radius 2 is 1.21 bits per heavy atom. The van der Waals surface area contributed by atoms with Crippen molar-refractivity contribution in [1.29, 1.82) is 0 Å². The number of rotatable bonds is 5. The number of methoxy groups -OCH3 is 1. The molecule has 0 saturated heterocycles. The molecule has 0 bridgehead atoms. The Labute approximate surface area is 165 Å². The van der Waals surface area contributed by atoms with Crippen LogP contribution in [0.3, 0.4) is 0 Å². The molecule has 0 radical (unpaired) electrons. The van der Waals surface area contributed by atoms with Gasteiger partial charge >= 0.3 is 0 Å². The van der Waals surface area contributed by atoms with E-state index in [0.29, 0.717) is 0 Å². The van der Waals surface area contributed by atoms with E-state index >= 15 is 0 Å². The van der Waals surface area contributed by atoms with E-state index in [0.717, 1.165) is 39.6 Å². The summed E-state index contributed by atoms with van der Waals surface area (Å²) < 4.78 is 5.27. The van der Waals surface area contributed by atoms with E-state index in [4.69, 9.17) is 10.5 Å². The second-order valence-corrected chi connectivity index (χ2v) is 6.47. The Balaban J connectivity index is 1.85. The molecule has 4 aromatic rings. The molecule has 0 heterocycles. The lowest BCUT2D eigenvalue weighted by Crippen LogP contribution is -2.12. The van der Waals surface area contributed by atoms with Crippen LogP contribution in [-0.4, -0.2) is 7.11 Å². The highest BCUT2D eigenvalue weighted by atomic mass is 16.5. The average molecular weight is 366 g/mol. The summed E-state index contributed by atoms with van der Waals surface area (Å²) in [5, 5.41) is 0. The minimum absolute atomic E-state index is 0.736. The summed E-state index contributed by atoms with van der Waals surface area (Å²) in [6, 6.07) is 34.7. The SMILES string of the molecule is COc1ccc(-c2cccc(N(c3ccccc3)c3ccccc3)c2N)cc1. The molecule has 0 fully saturated rings. The van der Waals surface area contributed by atoms with Crippen LogP contribution in [0.2, 0.25) is 0 Å². The lowest BCUT2D eigenvalue weighted by Gasteiger charge is -2.27. The molecule has 2 N–H and O–H groups in total. The standard InChI is InChI=1S/C25H22N2O/c1-28-22-17-15-19(16-18-22)23-13-8-14-24(25(23)26)27(20-9-4-2-5-10-20)21-11-6-3-7-12-21/h2-18H,26H2,1H3. The summed E-state index contributed by atoms with van der Waals surface area (Å²) in [5.74, 6) is 0.827. The van der Waals surface area contributed by atoms with Crippen molar-refractivity contribution >= 4 is 22.7 Å². The number of nitrogen functional groups attached to an aromatic ring is 1. The normalized spacial score (nSPS) is 10.5. The van der Waals surface area contributed by atoms with Gasteiger partial charge in [-0.2, -0.15) is 0 Å². The van der Waals surface area contributed by atoms with Gasteiger partial charge in [0.05, 0.1) is 18.5 Å². The van der Waals surface area contributed by atoms with E-state index in [1.165, 1.54) is 0 Å². The molecule has 0 unspecified atom stereocenters. The van der Waals surface area contributed by atoms with Gasteiger partial charge in [-0.1, -0.05) is 60.7 Å². The third kappa shape index (κ3) is 3.42. The summed E-state index contributed by atoms with van der Waals surface area (Å²) in [6.07, 6.45) is 0. The Hall–Kier alpha value is -3.72. The highest BCUT2D eigenvalue weighted by Crippen LogP contribution is 2.41. The summed E-state index contributed by atoms with van der Waals surface area (Å²) in [5.41, 5.74) is 12.6. The van der Waals surface area contributed by atoms with Crippen molar-refractivity contribution in [3.8, 4) is 16.9 Å². The molecule has 0 atom stereocenters. The highest BCUT2D eigenvalue weighted by molar-refractivity contribution is 5.91. The van der Waals surface area contributed by atoms with Gasteiger partial charge in [0.15, 0.2) is 0 Å². The molecule has 0 aliphatic heterocycles. The second-order valence-electron chi connectivity index (χ2n) is 6.47. The van der Waals surface area contributed by atoms with Crippen molar-refractivity contribution in [2.45, 2.75) is 0 Å². The van der Waals surface area contributed by atoms with Crippen LogP contribution in [0.1, 0.15) is 0 Å². The van der Waals surface area contributed by atoms with Crippen LogP contribution in [0, 0.1) is 0 Å². The minimum Gasteiger partial charge on any atom is -0.497 e. The zero-order valence-corrected chi connectivity index (χ0v) is 15.7. The van der Waals surface area contributed by atoms with E-state index in [1.807, 2.05) is 66.7 Å². The lowest BCUT2D eigenvalue weighted by atomic mass is 10.0. The number of hydrogen-bond donors (Lipinski definition) is 1. The van der Waals surface area contributed by atoms with Crippen LogP contribution in [0.4, 0.5) is 22.7 Å². The van der Waals surface area contributed by atoms with E-state index in [9.17, 15) is 0 Å². The van der Waals surface area contributed by atoms with Crippen molar-refractivity contribution in [2.24, 2.45) is 0 Å². The first kappa shape index (κ1) is 17.7. The van der Waals surface area contributed by atoms with Gasteiger partial charge < -0.3 is 15.4 Å². The number of para-hydroxylation sites is 3. The number of benzene rings is 4. The smallest absolute Gasteiger partial charge is 0.118 e. The van der Waals surface area contributed by atoms with Gasteiger partial charge in [0, 0.05) is 16.9 Å². The van der Waals surface area contributed by atoms with Crippen LogP contribution in [0.5, 0.6) is 5.75 Å². The van der Waals surface area contributed by atoms with Crippen LogP contribution in [0.15, 0.2) is 103 Å². The first-order valence-electron chi connectivity index (χ1n) is 9.21. The molecule has 0 aliphatic carbocycles. The zero-order valence-electron chi connectivity index (χ0n) is 15.7. The Kier molecular flexibility index (Phi) is 4.98. The largest absolute Gasteiger partial charge is 0.497 e. The molecular formula is C25H22N2O. The summed E-state index contributed by atoms with van der Waals surface area (Å²) in [6.45, 7) is 0. The number of nitrogens with two attached hydrogens (primary N) is 1.